The highest BCUT2D eigenvalue weighted by molar-refractivity contribution is 6.32. The monoisotopic (exact) mass is 244 g/mol. The summed E-state index contributed by atoms with van der Waals surface area (Å²) in [4.78, 5) is 9.98. The van der Waals surface area contributed by atoms with Crippen molar-refractivity contribution in [1.82, 2.24) is 9.97 Å². The van der Waals surface area contributed by atoms with Crippen LogP contribution in [0.15, 0.2) is 6.33 Å². The summed E-state index contributed by atoms with van der Waals surface area (Å²) in [6.07, 6.45) is 1.41. The van der Waals surface area contributed by atoms with Crippen LogP contribution in [0.4, 0.5) is 11.5 Å². The van der Waals surface area contributed by atoms with E-state index in [2.05, 4.69) is 9.97 Å². The van der Waals surface area contributed by atoms with E-state index in [0.29, 0.717) is 29.9 Å². The van der Waals surface area contributed by atoms with Gasteiger partial charge in [0.25, 0.3) is 0 Å². The number of nitrogens with zero attached hydrogens (tertiary/aromatic N) is 3. The van der Waals surface area contributed by atoms with Crippen LogP contribution in [-0.4, -0.2) is 36.3 Å². The number of ether oxygens (including phenoxy) is 1. The molecule has 0 aromatic carbocycles. The molecule has 5 nitrogen and oxygen atoms in total. The van der Waals surface area contributed by atoms with Crippen molar-refractivity contribution in [2.75, 3.05) is 36.9 Å². The van der Waals surface area contributed by atoms with E-state index in [4.69, 9.17) is 22.1 Å². The van der Waals surface area contributed by atoms with E-state index in [1.165, 1.54) is 6.33 Å². The van der Waals surface area contributed by atoms with Gasteiger partial charge in [0.2, 0.25) is 0 Å². The van der Waals surface area contributed by atoms with Crippen molar-refractivity contribution in [3.8, 4) is 0 Å². The lowest BCUT2D eigenvalue weighted by Gasteiger charge is -2.22. The topological polar surface area (TPSA) is 64.3 Å². The van der Waals surface area contributed by atoms with Crippen LogP contribution in [0.5, 0.6) is 0 Å². The summed E-state index contributed by atoms with van der Waals surface area (Å²) in [7, 11) is 0. The molecular formula is C10H17ClN4O. The Morgan fingerprint density at radius 3 is 2.81 bits per heavy atom. The van der Waals surface area contributed by atoms with Crippen molar-refractivity contribution in [2.24, 2.45) is 0 Å². The van der Waals surface area contributed by atoms with Crippen LogP contribution in [0.3, 0.4) is 0 Å². The summed E-state index contributed by atoms with van der Waals surface area (Å²) in [5.74, 6) is 0.669. The number of hydrogen-bond acceptors (Lipinski definition) is 5. The second-order valence-corrected chi connectivity index (χ2v) is 3.54. The largest absolute Gasteiger partial charge is 0.393 e. The van der Waals surface area contributed by atoms with Gasteiger partial charge in [-0.15, -0.1) is 0 Å². The fourth-order valence-corrected chi connectivity index (χ4v) is 1.48. The van der Waals surface area contributed by atoms with E-state index >= 15 is 0 Å². The maximum atomic E-state index is 5.84. The third-order valence-corrected chi connectivity index (χ3v) is 2.51. The summed E-state index contributed by atoms with van der Waals surface area (Å²) in [6.45, 7) is 6.88. The van der Waals surface area contributed by atoms with Gasteiger partial charge in [0.1, 0.15) is 12.0 Å². The number of aromatic nitrogens is 2. The Balaban J connectivity index is 2.74. The smallest absolute Gasteiger partial charge is 0.157 e. The van der Waals surface area contributed by atoms with Gasteiger partial charge in [0, 0.05) is 19.7 Å². The summed E-state index contributed by atoms with van der Waals surface area (Å²) in [6, 6.07) is 0. The molecule has 0 unspecified atom stereocenters. The lowest BCUT2D eigenvalue weighted by Crippen LogP contribution is -2.29. The zero-order valence-electron chi connectivity index (χ0n) is 9.61. The molecule has 0 saturated carbocycles. The molecule has 0 radical (unpaired) electrons. The molecule has 1 heterocycles. The highest BCUT2D eigenvalue weighted by atomic mass is 35.5. The lowest BCUT2D eigenvalue weighted by molar-refractivity contribution is 0.154. The van der Waals surface area contributed by atoms with Crippen molar-refractivity contribution < 1.29 is 4.74 Å². The minimum absolute atomic E-state index is 0.292. The molecule has 1 aromatic rings. The first kappa shape index (κ1) is 13.0. The van der Waals surface area contributed by atoms with Crippen LogP contribution >= 0.6 is 11.6 Å². The van der Waals surface area contributed by atoms with Gasteiger partial charge >= 0.3 is 0 Å². The predicted molar refractivity (Wildman–Crippen MR) is 65.8 cm³/mol. The van der Waals surface area contributed by atoms with Crippen molar-refractivity contribution in [2.45, 2.75) is 13.8 Å². The first-order valence-corrected chi connectivity index (χ1v) is 5.67. The van der Waals surface area contributed by atoms with Crippen LogP contribution in [0.2, 0.25) is 5.15 Å². The average Bonchev–Trinajstić information content (AvgIpc) is 2.29. The Labute approximate surface area is 101 Å². The molecule has 0 fully saturated rings. The fourth-order valence-electron chi connectivity index (χ4n) is 1.35. The Morgan fingerprint density at radius 1 is 1.44 bits per heavy atom. The quantitative estimate of drug-likeness (QED) is 0.608. The molecule has 0 spiro atoms. The predicted octanol–water partition coefficient (Wildman–Crippen LogP) is 1.57. The molecule has 2 N–H and O–H groups in total. The second kappa shape index (κ2) is 6.50. The number of likely N-dealkylation sites (N-methyl/N-ethyl adjacent to an activating group) is 1. The molecule has 0 bridgehead atoms. The molecule has 0 amide bonds. The normalized spacial score (nSPS) is 10.4. The van der Waals surface area contributed by atoms with Gasteiger partial charge in [-0.2, -0.15) is 0 Å². The first-order valence-electron chi connectivity index (χ1n) is 5.29. The van der Waals surface area contributed by atoms with Gasteiger partial charge in [-0.1, -0.05) is 11.6 Å². The SMILES string of the molecule is CCOCCN(CC)c1ncnc(Cl)c1N. The zero-order valence-corrected chi connectivity index (χ0v) is 10.4. The molecule has 0 aliphatic rings. The molecule has 16 heavy (non-hydrogen) atoms. The highest BCUT2D eigenvalue weighted by Crippen LogP contribution is 2.25. The average molecular weight is 245 g/mol. The first-order chi connectivity index (χ1) is 7.70. The summed E-state index contributed by atoms with van der Waals surface area (Å²) in [5, 5.41) is 0.292. The minimum Gasteiger partial charge on any atom is -0.393 e. The number of rotatable bonds is 6. The van der Waals surface area contributed by atoms with E-state index < -0.39 is 0 Å². The van der Waals surface area contributed by atoms with E-state index in [0.717, 1.165) is 13.1 Å². The zero-order chi connectivity index (χ0) is 12.0. The molecule has 0 aliphatic carbocycles. The van der Waals surface area contributed by atoms with Crippen LogP contribution in [0, 0.1) is 0 Å². The summed E-state index contributed by atoms with van der Waals surface area (Å²) >= 11 is 5.84. The van der Waals surface area contributed by atoms with Gasteiger partial charge in [-0.3, -0.25) is 0 Å². The molecule has 0 aliphatic heterocycles. The molecular weight excluding hydrogens is 228 g/mol. The number of hydrogen-bond donors (Lipinski definition) is 1. The van der Waals surface area contributed by atoms with Crippen LogP contribution in [0.25, 0.3) is 0 Å². The van der Waals surface area contributed by atoms with Crippen LogP contribution < -0.4 is 10.6 Å². The van der Waals surface area contributed by atoms with E-state index in [1.807, 2.05) is 18.7 Å². The Bertz CT molecular complexity index is 335. The summed E-state index contributed by atoms with van der Waals surface area (Å²) < 4.78 is 5.30. The molecule has 0 atom stereocenters. The Kier molecular flexibility index (Phi) is 5.28. The number of halogens is 1. The Morgan fingerprint density at radius 2 is 2.19 bits per heavy atom. The van der Waals surface area contributed by atoms with E-state index in [9.17, 15) is 0 Å². The third-order valence-electron chi connectivity index (χ3n) is 2.21. The Hall–Kier alpha value is -1.07. The molecule has 90 valence electrons. The van der Waals surface area contributed by atoms with Gasteiger partial charge in [-0.25, -0.2) is 9.97 Å². The van der Waals surface area contributed by atoms with Gasteiger partial charge in [0.05, 0.1) is 6.61 Å². The standard InChI is InChI=1S/C10H17ClN4O/c1-3-15(5-6-16-4-2)10-8(12)9(11)13-7-14-10/h7H,3-6,12H2,1-2H3. The van der Waals surface area contributed by atoms with Gasteiger partial charge in [0.15, 0.2) is 11.0 Å². The summed E-state index contributed by atoms with van der Waals surface area (Å²) in [5.41, 5.74) is 6.24. The molecule has 6 heteroatoms. The van der Waals surface area contributed by atoms with Crippen molar-refractivity contribution >= 4 is 23.1 Å². The third kappa shape index (κ3) is 3.21. The molecule has 1 rings (SSSR count). The number of nitrogens with two attached hydrogens (primary N) is 1. The van der Waals surface area contributed by atoms with Crippen molar-refractivity contribution in [3.63, 3.8) is 0 Å². The van der Waals surface area contributed by atoms with E-state index in [1.54, 1.807) is 0 Å². The maximum absolute atomic E-state index is 5.84. The van der Waals surface area contributed by atoms with Gasteiger partial charge < -0.3 is 15.4 Å². The van der Waals surface area contributed by atoms with Gasteiger partial charge in [-0.05, 0) is 13.8 Å². The number of anilines is 2. The van der Waals surface area contributed by atoms with Crippen molar-refractivity contribution in [1.29, 1.82) is 0 Å². The van der Waals surface area contributed by atoms with Crippen LogP contribution in [0.1, 0.15) is 13.8 Å². The minimum atomic E-state index is 0.292. The maximum Gasteiger partial charge on any atom is 0.157 e. The molecule has 1 aromatic heterocycles. The fraction of sp³-hybridized carbons (Fsp3) is 0.600. The number of nitrogen functional groups attached to an aromatic ring is 1. The van der Waals surface area contributed by atoms with Crippen LogP contribution in [-0.2, 0) is 4.74 Å². The van der Waals surface area contributed by atoms with E-state index in [-0.39, 0.29) is 0 Å². The van der Waals surface area contributed by atoms with Crippen molar-refractivity contribution in [3.05, 3.63) is 11.5 Å². The molecule has 0 saturated heterocycles. The highest BCUT2D eigenvalue weighted by Gasteiger charge is 2.12. The lowest BCUT2D eigenvalue weighted by atomic mass is 10.4. The second-order valence-electron chi connectivity index (χ2n) is 3.18.